The van der Waals surface area contributed by atoms with Crippen molar-refractivity contribution in [3.8, 4) is 22.6 Å². The van der Waals surface area contributed by atoms with Crippen LogP contribution in [0.3, 0.4) is 0 Å². The number of hydrogen-bond donors (Lipinski definition) is 1. The summed E-state index contributed by atoms with van der Waals surface area (Å²) in [5, 5.41) is 9.27. The van der Waals surface area contributed by atoms with Gasteiger partial charge in [-0.3, -0.25) is 0 Å². The monoisotopic (exact) mass is 256 g/mol. The van der Waals surface area contributed by atoms with Crippen molar-refractivity contribution in [1.82, 2.24) is 0 Å². The van der Waals surface area contributed by atoms with Gasteiger partial charge in [-0.25, -0.2) is 0 Å². The van der Waals surface area contributed by atoms with Crippen LogP contribution in [0.4, 0.5) is 0 Å². The van der Waals surface area contributed by atoms with Gasteiger partial charge in [-0.2, -0.15) is 0 Å². The van der Waals surface area contributed by atoms with Crippen LogP contribution in [0, 0.1) is 5.92 Å². The molecule has 2 aromatic carbocycles. The van der Waals surface area contributed by atoms with E-state index in [2.05, 4.69) is 13.8 Å². The van der Waals surface area contributed by atoms with Crippen LogP contribution < -0.4 is 4.74 Å². The Kier molecular flexibility index (Phi) is 4.45. The summed E-state index contributed by atoms with van der Waals surface area (Å²) >= 11 is 0. The Morgan fingerprint density at radius 3 is 2.00 bits per heavy atom. The average molecular weight is 256 g/mol. The largest absolute Gasteiger partial charge is 0.508 e. The predicted molar refractivity (Wildman–Crippen MR) is 78.5 cm³/mol. The molecule has 0 radical (unpaired) electrons. The van der Waals surface area contributed by atoms with Gasteiger partial charge in [-0.1, -0.05) is 44.5 Å². The standard InChI is InChI=1S/C17H20O2/c1-3-13(2)12-19-17-10-6-15(7-11-17)14-4-8-16(18)9-5-14/h4-11,13,18H,3,12H2,1-2H3. The molecule has 0 aliphatic carbocycles. The number of benzene rings is 2. The van der Waals surface area contributed by atoms with Gasteiger partial charge in [0.1, 0.15) is 11.5 Å². The van der Waals surface area contributed by atoms with Crippen LogP contribution in [-0.4, -0.2) is 11.7 Å². The van der Waals surface area contributed by atoms with E-state index in [1.54, 1.807) is 12.1 Å². The quantitative estimate of drug-likeness (QED) is 0.854. The topological polar surface area (TPSA) is 29.5 Å². The zero-order valence-corrected chi connectivity index (χ0v) is 11.5. The molecule has 0 spiro atoms. The molecule has 0 saturated carbocycles. The zero-order valence-electron chi connectivity index (χ0n) is 11.5. The molecule has 1 atom stereocenters. The molecule has 0 amide bonds. The van der Waals surface area contributed by atoms with E-state index in [4.69, 9.17) is 4.74 Å². The van der Waals surface area contributed by atoms with Crippen molar-refractivity contribution in [2.24, 2.45) is 5.92 Å². The fourth-order valence-corrected chi connectivity index (χ4v) is 1.75. The van der Waals surface area contributed by atoms with Crippen LogP contribution in [0.2, 0.25) is 0 Å². The molecule has 0 aliphatic heterocycles. The summed E-state index contributed by atoms with van der Waals surface area (Å²) in [7, 11) is 0. The van der Waals surface area contributed by atoms with Crippen LogP contribution in [0.25, 0.3) is 11.1 Å². The van der Waals surface area contributed by atoms with Crippen molar-refractivity contribution in [2.45, 2.75) is 20.3 Å². The molecule has 2 aromatic rings. The number of phenolic OH excluding ortho intramolecular Hbond substituents is 1. The lowest BCUT2D eigenvalue weighted by Gasteiger charge is -2.11. The van der Waals surface area contributed by atoms with Crippen LogP contribution in [-0.2, 0) is 0 Å². The Morgan fingerprint density at radius 1 is 0.947 bits per heavy atom. The van der Waals surface area contributed by atoms with Gasteiger partial charge in [-0.15, -0.1) is 0 Å². The van der Waals surface area contributed by atoms with E-state index in [1.165, 1.54) is 0 Å². The normalized spacial score (nSPS) is 12.1. The molecular formula is C17H20O2. The third-order valence-electron chi connectivity index (χ3n) is 3.29. The minimum absolute atomic E-state index is 0.289. The van der Waals surface area contributed by atoms with Gasteiger partial charge in [0, 0.05) is 0 Å². The highest BCUT2D eigenvalue weighted by Gasteiger charge is 2.02. The molecule has 2 nitrogen and oxygen atoms in total. The van der Waals surface area contributed by atoms with E-state index in [0.717, 1.165) is 29.9 Å². The third kappa shape index (κ3) is 3.75. The maximum atomic E-state index is 9.27. The van der Waals surface area contributed by atoms with Crippen LogP contribution in [0.5, 0.6) is 11.5 Å². The molecule has 0 saturated heterocycles. The van der Waals surface area contributed by atoms with Gasteiger partial charge in [0.15, 0.2) is 0 Å². The second kappa shape index (κ2) is 6.28. The molecule has 100 valence electrons. The van der Waals surface area contributed by atoms with Crippen molar-refractivity contribution in [2.75, 3.05) is 6.61 Å². The maximum Gasteiger partial charge on any atom is 0.119 e. The van der Waals surface area contributed by atoms with Crippen molar-refractivity contribution in [1.29, 1.82) is 0 Å². The van der Waals surface area contributed by atoms with E-state index in [9.17, 15) is 5.11 Å². The highest BCUT2D eigenvalue weighted by Crippen LogP contribution is 2.24. The second-order valence-corrected chi connectivity index (χ2v) is 4.90. The fourth-order valence-electron chi connectivity index (χ4n) is 1.75. The Morgan fingerprint density at radius 2 is 1.47 bits per heavy atom. The Bertz CT molecular complexity index is 500. The van der Waals surface area contributed by atoms with Crippen LogP contribution >= 0.6 is 0 Å². The summed E-state index contributed by atoms with van der Waals surface area (Å²) in [6.45, 7) is 5.11. The minimum atomic E-state index is 0.289. The van der Waals surface area contributed by atoms with Crippen molar-refractivity contribution < 1.29 is 9.84 Å². The van der Waals surface area contributed by atoms with Gasteiger partial charge in [0.05, 0.1) is 6.61 Å². The SMILES string of the molecule is CCC(C)COc1ccc(-c2ccc(O)cc2)cc1. The summed E-state index contributed by atoms with van der Waals surface area (Å²) < 4.78 is 5.73. The smallest absolute Gasteiger partial charge is 0.119 e. The van der Waals surface area contributed by atoms with Crippen molar-refractivity contribution in [3.63, 3.8) is 0 Å². The first kappa shape index (κ1) is 13.5. The number of hydrogen-bond acceptors (Lipinski definition) is 2. The Labute approximate surface area is 114 Å². The van der Waals surface area contributed by atoms with Crippen LogP contribution in [0.1, 0.15) is 20.3 Å². The minimum Gasteiger partial charge on any atom is -0.508 e. The molecule has 1 unspecified atom stereocenters. The van der Waals surface area contributed by atoms with Gasteiger partial charge in [-0.05, 0) is 41.3 Å². The lowest BCUT2D eigenvalue weighted by Crippen LogP contribution is -2.06. The van der Waals surface area contributed by atoms with Crippen LogP contribution in [0.15, 0.2) is 48.5 Å². The van der Waals surface area contributed by atoms with Gasteiger partial charge in [0.2, 0.25) is 0 Å². The summed E-state index contributed by atoms with van der Waals surface area (Å²) in [4.78, 5) is 0. The second-order valence-electron chi connectivity index (χ2n) is 4.90. The molecule has 2 rings (SSSR count). The lowest BCUT2D eigenvalue weighted by atomic mass is 10.1. The van der Waals surface area contributed by atoms with E-state index in [-0.39, 0.29) is 5.75 Å². The number of ether oxygens (including phenoxy) is 1. The Hall–Kier alpha value is -1.96. The van der Waals surface area contributed by atoms with Gasteiger partial charge in [0.25, 0.3) is 0 Å². The summed E-state index contributed by atoms with van der Waals surface area (Å²) in [6, 6.07) is 15.3. The molecule has 0 aromatic heterocycles. The lowest BCUT2D eigenvalue weighted by molar-refractivity contribution is 0.256. The predicted octanol–water partition coefficient (Wildman–Crippen LogP) is 4.48. The fraction of sp³-hybridized carbons (Fsp3) is 0.294. The van der Waals surface area contributed by atoms with Gasteiger partial charge >= 0.3 is 0 Å². The van der Waals surface area contributed by atoms with E-state index in [1.807, 2.05) is 36.4 Å². The third-order valence-corrected chi connectivity index (χ3v) is 3.29. The highest BCUT2D eigenvalue weighted by molar-refractivity contribution is 5.64. The first-order chi connectivity index (χ1) is 9.19. The van der Waals surface area contributed by atoms with E-state index in [0.29, 0.717) is 5.92 Å². The molecule has 0 fully saturated rings. The average Bonchev–Trinajstić information content (AvgIpc) is 2.46. The Balaban J connectivity index is 2.04. The molecule has 0 aliphatic rings. The first-order valence-corrected chi connectivity index (χ1v) is 6.71. The maximum absolute atomic E-state index is 9.27. The van der Waals surface area contributed by atoms with Crippen molar-refractivity contribution >= 4 is 0 Å². The van der Waals surface area contributed by atoms with E-state index >= 15 is 0 Å². The highest BCUT2D eigenvalue weighted by atomic mass is 16.5. The zero-order chi connectivity index (χ0) is 13.7. The summed E-state index contributed by atoms with van der Waals surface area (Å²) in [5.74, 6) is 1.77. The number of aromatic hydroxyl groups is 1. The number of phenols is 1. The van der Waals surface area contributed by atoms with E-state index < -0.39 is 0 Å². The molecule has 0 bridgehead atoms. The molecule has 0 heterocycles. The molecular weight excluding hydrogens is 236 g/mol. The molecule has 1 N–H and O–H groups in total. The number of rotatable bonds is 5. The summed E-state index contributed by atoms with van der Waals surface area (Å²) in [6.07, 6.45) is 1.13. The summed E-state index contributed by atoms with van der Waals surface area (Å²) in [5.41, 5.74) is 2.21. The first-order valence-electron chi connectivity index (χ1n) is 6.71. The van der Waals surface area contributed by atoms with Crippen molar-refractivity contribution in [3.05, 3.63) is 48.5 Å². The molecule has 2 heteroatoms. The molecule has 19 heavy (non-hydrogen) atoms. The van der Waals surface area contributed by atoms with Gasteiger partial charge < -0.3 is 9.84 Å².